The van der Waals surface area contributed by atoms with Crippen LogP contribution in [0.2, 0.25) is 0 Å². The van der Waals surface area contributed by atoms with Gasteiger partial charge in [-0.25, -0.2) is 4.31 Å². The third-order valence-electron chi connectivity index (χ3n) is 7.72. The summed E-state index contributed by atoms with van der Waals surface area (Å²) in [6, 6.07) is 12.2. The number of carbonyl (C=O) groups excluding carboxylic acids is 2. The Labute approximate surface area is 238 Å². The van der Waals surface area contributed by atoms with E-state index >= 15 is 0 Å². The zero-order valence-electron chi connectivity index (χ0n) is 25.1. The first-order valence-corrected chi connectivity index (χ1v) is 15.7. The number of benzene rings is 2. The Balaban J connectivity index is 1.53. The largest absolute Gasteiger partial charge is 0.497 e. The summed E-state index contributed by atoms with van der Waals surface area (Å²) >= 11 is 0. The van der Waals surface area contributed by atoms with Gasteiger partial charge in [0.15, 0.2) is 0 Å². The predicted molar refractivity (Wildman–Crippen MR) is 160 cm³/mol. The second kappa shape index (κ2) is 12.3. The highest BCUT2D eigenvalue weighted by Crippen LogP contribution is 2.38. The summed E-state index contributed by atoms with van der Waals surface area (Å²) in [5.74, 6) is -0.187. The summed E-state index contributed by atoms with van der Waals surface area (Å²) in [4.78, 5) is 31.8. The molecule has 1 heterocycles. The standard InChI is InChI=1S/C29H45N5O5S/c1-21-15-26(39-7)16-22(2)29(21)40(8,37,38)33(6)20-27(35)30-17-28(36)32(5)18-23-9-11-24(12-10-23)34-14-13-25(19-34)31(3)4/h9-12,15-16,25H,13-14,17-20H2,1-8H3,(H,30,35)(H,37,38). The molecule has 0 bridgehead atoms. The lowest BCUT2D eigenvalue weighted by Gasteiger charge is -2.48. The fourth-order valence-corrected chi connectivity index (χ4v) is 7.55. The summed E-state index contributed by atoms with van der Waals surface area (Å²) in [5, 5.41) is 2.59. The molecule has 2 N–H and O–H groups in total. The third kappa shape index (κ3) is 7.20. The number of likely N-dealkylation sites (N-methyl/N-ethyl adjacent to an activating group) is 3. The van der Waals surface area contributed by atoms with E-state index < -0.39 is 15.4 Å². The highest BCUT2D eigenvalue weighted by atomic mass is 32.3. The molecule has 40 heavy (non-hydrogen) atoms. The van der Waals surface area contributed by atoms with Crippen LogP contribution in [0, 0.1) is 13.8 Å². The number of nitrogens with zero attached hydrogens (tertiary/aromatic N) is 4. The summed E-state index contributed by atoms with van der Waals surface area (Å²) in [5.41, 5.74) is 3.35. The Morgan fingerprint density at radius 2 is 1.70 bits per heavy atom. The van der Waals surface area contributed by atoms with Crippen molar-refractivity contribution in [2.24, 2.45) is 0 Å². The van der Waals surface area contributed by atoms with E-state index in [1.807, 2.05) is 12.1 Å². The first-order valence-electron chi connectivity index (χ1n) is 13.4. The highest BCUT2D eigenvalue weighted by Gasteiger charge is 2.34. The van der Waals surface area contributed by atoms with Crippen molar-refractivity contribution >= 4 is 27.0 Å². The van der Waals surface area contributed by atoms with Gasteiger partial charge in [-0.2, -0.15) is 4.21 Å². The Bertz CT molecular complexity index is 1270. The van der Waals surface area contributed by atoms with Gasteiger partial charge >= 0.3 is 0 Å². The van der Waals surface area contributed by atoms with Gasteiger partial charge in [-0.05, 0) is 75.3 Å². The van der Waals surface area contributed by atoms with E-state index in [4.69, 9.17) is 4.74 Å². The molecular weight excluding hydrogens is 530 g/mol. The van der Waals surface area contributed by atoms with E-state index in [2.05, 4.69) is 41.3 Å². The molecule has 0 aliphatic carbocycles. The van der Waals surface area contributed by atoms with Crippen LogP contribution in [0.5, 0.6) is 5.75 Å². The first-order chi connectivity index (χ1) is 18.6. The van der Waals surface area contributed by atoms with E-state index in [-0.39, 0.29) is 23.9 Å². The van der Waals surface area contributed by atoms with Crippen LogP contribution in [-0.4, -0.2) is 108 Å². The number of amides is 2. The molecule has 222 valence electrons. The summed E-state index contributed by atoms with van der Waals surface area (Å²) < 4.78 is 31.6. The lowest BCUT2D eigenvalue weighted by molar-refractivity contribution is -0.132. The van der Waals surface area contributed by atoms with Crippen molar-refractivity contribution in [1.29, 1.82) is 0 Å². The number of methoxy groups -OCH3 is 1. The van der Waals surface area contributed by atoms with E-state index in [9.17, 15) is 18.4 Å². The van der Waals surface area contributed by atoms with Crippen molar-refractivity contribution in [2.45, 2.75) is 37.8 Å². The molecule has 10 nitrogen and oxygen atoms in total. The monoisotopic (exact) mass is 575 g/mol. The second-order valence-electron chi connectivity index (χ2n) is 11.2. The number of hydrogen-bond donors (Lipinski definition) is 2. The van der Waals surface area contributed by atoms with E-state index in [0.717, 1.165) is 29.4 Å². The molecular formula is C29H45N5O5S. The molecule has 0 spiro atoms. The Hall–Kier alpha value is -2.99. The molecule has 2 aromatic carbocycles. The van der Waals surface area contributed by atoms with Gasteiger partial charge in [-0.1, -0.05) is 12.1 Å². The number of rotatable bonds is 11. The second-order valence-corrected chi connectivity index (χ2v) is 14.7. The zero-order valence-corrected chi connectivity index (χ0v) is 25.9. The molecule has 1 aliphatic heterocycles. The topological polar surface area (TPSA) is 106 Å². The number of ether oxygens (including phenoxy) is 1. The van der Waals surface area contributed by atoms with Crippen LogP contribution in [0.4, 0.5) is 5.69 Å². The van der Waals surface area contributed by atoms with Gasteiger partial charge in [0, 0.05) is 51.7 Å². The SMILES string of the molecule is COc1cc(C)c(S(C)(=O)(O)N(C)CC(=O)NCC(=O)N(C)Cc2ccc(N3CCC(N(C)C)C3)cc2)c(C)c1. The van der Waals surface area contributed by atoms with Crippen LogP contribution in [0.15, 0.2) is 41.3 Å². The minimum absolute atomic E-state index is 0.205. The zero-order chi connectivity index (χ0) is 29.9. The van der Waals surface area contributed by atoms with Crippen LogP contribution in [0.3, 0.4) is 0 Å². The van der Waals surface area contributed by atoms with E-state index in [0.29, 0.717) is 29.5 Å². The first kappa shape index (κ1) is 31.5. The summed E-state index contributed by atoms with van der Waals surface area (Å²) in [6.45, 7) is 5.35. The Morgan fingerprint density at radius 1 is 1.10 bits per heavy atom. The molecule has 2 aromatic rings. The van der Waals surface area contributed by atoms with Crippen LogP contribution in [0.25, 0.3) is 0 Å². The smallest absolute Gasteiger partial charge is 0.242 e. The number of aryl methyl sites for hydroxylation is 2. The highest BCUT2D eigenvalue weighted by molar-refractivity contribution is 8.12. The van der Waals surface area contributed by atoms with Crippen molar-refractivity contribution in [3.8, 4) is 5.75 Å². The van der Waals surface area contributed by atoms with Gasteiger partial charge in [0.2, 0.25) is 11.8 Å². The van der Waals surface area contributed by atoms with Gasteiger partial charge in [-0.3, -0.25) is 14.1 Å². The maximum atomic E-state index is 13.8. The van der Waals surface area contributed by atoms with Gasteiger partial charge in [0.25, 0.3) is 0 Å². The molecule has 11 heteroatoms. The molecule has 0 aromatic heterocycles. The molecule has 0 saturated carbocycles. The summed E-state index contributed by atoms with van der Waals surface area (Å²) in [7, 11) is 4.32. The Kier molecular flexibility index (Phi) is 9.66. The van der Waals surface area contributed by atoms with E-state index in [1.54, 1.807) is 37.9 Å². The van der Waals surface area contributed by atoms with Crippen molar-refractivity contribution in [3.63, 3.8) is 0 Å². The molecule has 3 rings (SSSR count). The fourth-order valence-electron chi connectivity index (χ4n) is 5.22. The Morgan fingerprint density at radius 3 is 2.23 bits per heavy atom. The minimum atomic E-state index is -4.55. The molecule has 1 fully saturated rings. The van der Waals surface area contributed by atoms with Crippen LogP contribution < -0.4 is 15.0 Å². The van der Waals surface area contributed by atoms with Crippen molar-refractivity contribution in [3.05, 3.63) is 53.1 Å². The molecule has 2 amide bonds. The van der Waals surface area contributed by atoms with Gasteiger partial charge in [0.05, 0.1) is 25.1 Å². The van der Waals surface area contributed by atoms with Crippen LogP contribution in [0.1, 0.15) is 23.1 Å². The lowest BCUT2D eigenvalue weighted by Crippen LogP contribution is -2.52. The number of hydrogen-bond acceptors (Lipinski definition) is 6. The molecule has 1 unspecified atom stereocenters. The maximum absolute atomic E-state index is 13.8. The molecule has 1 saturated heterocycles. The average Bonchev–Trinajstić information content (AvgIpc) is 3.37. The summed E-state index contributed by atoms with van der Waals surface area (Å²) in [6.07, 6.45) is 2.38. The normalized spacial score (nSPS) is 16.6. The van der Waals surface area contributed by atoms with Crippen molar-refractivity contribution in [1.82, 2.24) is 19.4 Å². The third-order valence-corrected chi connectivity index (χ3v) is 10.9. The van der Waals surface area contributed by atoms with Crippen LogP contribution in [-0.2, 0) is 25.7 Å². The van der Waals surface area contributed by atoms with Crippen LogP contribution >= 0.6 is 0 Å². The van der Waals surface area contributed by atoms with Crippen molar-refractivity contribution in [2.75, 3.05) is 72.6 Å². The van der Waals surface area contributed by atoms with Gasteiger partial charge < -0.3 is 24.8 Å². The minimum Gasteiger partial charge on any atom is -0.497 e. The molecule has 1 aliphatic rings. The molecule has 1 atom stereocenters. The number of nitrogens with one attached hydrogen (secondary N) is 1. The average molecular weight is 576 g/mol. The number of carbonyl (C=O) groups is 2. The van der Waals surface area contributed by atoms with Gasteiger partial charge in [-0.15, -0.1) is 9.53 Å². The predicted octanol–water partition coefficient (Wildman–Crippen LogP) is 2.36. The molecule has 0 radical (unpaired) electrons. The number of anilines is 1. The quantitative estimate of drug-likeness (QED) is 0.424. The maximum Gasteiger partial charge on any atom is 0.242 e. The van der Waals surface area contributed by atoms with Crippen molar-refractivity contribution < 1.29 is 23.1 Å². The van der Waals surface area contributed by atoms with E-state index in [1.165, 1.54) is 26.1 Å². The fraction of sp³-hybridized carbons (Fsp3) is 0.517. The lowest BCUT2D eigenvalue weighted by atomic mass is 10.1. The van der Waals surface area contributed by atoms with Gasteiger partial charge in [0.1, 0.15) is 5.75 Å².